The number of carbonyl (C=O) groups excluding carboxylic acids is 2. The Labute approximate surface area is 209 Å². The van der Waals surface area contributed by atoms with E-state index in [1.54, 1.807) is 43.3 Å². The average Bonchev–Trinajstić information content (AvgIpc) is 3.23. The van der Waals surface area contributed by atoms with Crippen molar-refractivity contribution in [2.24, 2.45) is 0 Å². The summed E-state index contributed by atoms with van der Waals surface area (Å²) in [6, 6.07) is 32.1. The van der Waals surface area contributed by atoms with Gasteiger partial charge in [0.25, 0.3) is 0 Å². The Hall–Kier alpha value is -4.64. The van der Waals surface area contributed by atoms with Gasteiger partial charge in [-0.3, -0.25) is 4.79 Å². The number of hydrogen-bond donors (Lipinski definition) is 0. The molecule has 0 saturated carbocycles. The molecule has 36 heavy (non-hydrogen) atoms. The molecule has 0 spiro atoms. The van der Waals surface area contributed by atoms with Gasteiger partial charge in [-0.1, -0.05) is 84.9 Å². The Morgan fingerprint density at radius 1 is 0.861 bits per heavy atom. The maximum absolute atomic E-state index is 12.9. The minimum atomic E-state index is -0.931. The lowest BCUT2D eigenvalue weighted by atomic mass is 10.0. The lowest BCUT2D eigenvalue weighted by Crippen LogP contribution is -2.21. The molecule has 5 nitrogen and oxygen atoms in total. The van der Waals surface area contributed by atoms with Crippen LogP contribution >= 0.6 is 0 Å². The predicted octanol–water partition coefficient (Wildman–Crippen LogP) is 6.65. The second-order valence-electron chi connectivity index (χ2n) is 8.25. The molecule has 5 heteroatoms. The van der Waals surface area contributed by atoms with E-state index in [1.807, 2.05) is 60.7 Å². The van der Waals surface area contributed by atoms with E-state index >= 15 is 0 Å². The Balaban J connectivity index is 1.35. The van der Waals surface area contributed by atoms with Gasteiger partial charge in [-0.2, -0.15) is 0 Å². The van der Waals surface area contributed by atoms with Gasteiger partial charge in [0.15, 0.2) is 5.76 Å². The fraction of sp³-hybridized carbons (Fsp3) is 0.0968. The van der Waals surface area contributed by atoms with Gasteiger partial charge in [-0.15, -0.1) is 0 Å². The second-order valence-corrected chi connectivity index (χ2v) is 8.25. The third-order valence-electron chi connectivity index (χ3n) is 5.81. The van der Waals surface area contributed by atoms with Crippen LogP contribution in [0, 0.1) is 0 Å². The fourth-order valence-electron chi connectivity index (χ4n) is 4.03. The normalized spacial score (nSPS) is 14.1. The van der Waals surface area contributed by atoms with Crippen molar-refractivity contribution in [2.45, 2.75) is 13.0 Å². The Morgan fingerprint density at radius 3 is 2.22 bits per heavy atom. The third kappa shape index (κ3) is 4.91. The first-order valence-electron chi connectivity index (χ1n) is 11.7. The van der Waals surface area contributed by atoms with Crippen LogP contribution in [-0.2, 0) is 9.53 Å². The molecule has 0 saturated heterocycles. The van der Waals surface area contributed by atoms with E-state index < -0.39 is 12.1 Å². The van der Waals surface area contributed by atoms with Gasteiger partial charge in [0.2, 0.25) is 11.9 Å². The molecule has 0 aliphatic carbocycles. The van der Waals surface area contributed by atoms with Gasteiger partial charge in [0.1, 0.15) is 11.5 Å². The largest absolute Gasteiger partial charge is 0.474 e. The minimum absolute atomic E-state index is 0.200. The molecule has 0 amide bonds. The molecule has 0 aromatic heterocycles. The molecule has 1 aliphatic rings. The number of ether oxygens (including phenoxy) is 3. The van der Waals surface area contributed by atoms with Crippen LogP contribution in [0.3, 0.4) is 0 Å². The highest BCUT2D eigenvalue weighted by Crippen LogP contribution is 2.36. The second kappa shape index (κ2) is 10.3. The number of hydrogen-bond acceptors (Lipinski definition) is 5. The summed E-state index contributed by atoms with van der Waals surface area (Å²) in [6.45, 7) is 1.99. The van der Waals surface area contributed by atoms with Crippen LogP contribution in [0.2, 0.25) is 0 Å². The summed E-state index contributed by atoms with van der Waals surface area (Å²) >= 11 is 0. The lowest BCUT2D eigenvalue weighted by molar-refractivity contribution is -0.151. The summed E-state index contributed by atoms with van der Waals surface area (Å²) in [6.07, 6.45) is 0.794. The molecule has 0 N–H and O–H groups in total. The van der Waals surface area contributed by atoms with Crippen LogP contribution in [0.4, 0.5) is 0 Å². The lowest BCUT2D eigenvalue weighted by Gasteiger charge is -2.18. The van der Waals surface area contributed by atoms with Gasteiger partial charge >= 0.3 is 5.97 Å². The number of allylic oxidation sites excluding steroid dienone is 1. The van der Waals surface area contributed by atoms with E-state index in [2.05, 4.69) is 12.1 Å². The number of Topliss-reactive ketones (excluding diaryl/α,β-unsaturated/α-hetero) is 1. The summed E-state index contributed by atoms with van der Waals surface area (Å²) in [4.78, 5) is 25.5. The molecule has 0 radical (unpaired) electrons. The zero-order chi connectivity index (χ0) is 24.9. The number of rotatable bonds is 7. The molecule has 1 heterocycles. The summed E-state index contributed by atoms with van der Waals surface area (Å²) in [7, 11) is 0. The highest BCUT2D eigenvalue weighted by atomic mass is 16.6. The van der Waals surface area contributed by atoms with Crippen LogP contribution in [0.15, 0.2) is 109 Å². The summed E-state index contributed by atoms with van der Waals surface area (Å²) < 4.78 is 17.1. The molecule has 0 bridgehead atoms. The summed E-state index contributed by atoms with van der Waals surface area (Å²) in [5.74, 6) is 0.339. The molecule has 5 rings (SSSR count). The van der Waals surface area contributed by atoms with Crippen LogP contribution in [0.1, 0.15) is 34.5 Å². The van der Waals surface area contributed by atoms with Gasteiger partial charge in [-0.25, -0.2) is 4.79 Å². The molecule has 4 aromatic rings. The van der Waals surface area contributed by atoms with Crippen LogP contribution in [0.5, 0.6) is 11.5 Å². The van der Waals surface area contributed by atoms with Gasteiger partial charge in [-0.05, 0) is 41.8 Å². The number of carbonyl (C=O) groups is 2. The highest BCUT2D eigenvalue weighted by Gasteiger charge is 2.29. The Morgan fingerprint density at radius 2 is 1.53 bits per heavy atom. The number of esters is 1. The monoisotopic (exact) mass is 476 g/mol. The zero-order valence-electron chi connectivity index (χ0n) is 19.7. The van der Waals surface area contributed by atoms with Crippen molar-refractivity contribution >= 4 is 17.8 Å². The number of benzene rings is 4. The first-order chi connectivity index (χ1) is 17.6. The van der Waals surface area contributed by atoms with Crippen molar-refractivity contribution in [3.63, 3.8) is 0 Å². The standard InChI is InChI=1S/C31H24O5/c1-2-34-31(33)30(24-11-7-4-8-12-24)35-25-17-18-26-27(20-25)36-28(29(26)32)19-21-13-15-23(16-14-21)22-9-5-3-6-10-22/h3-20,30H,2H2,1H3/b28-19-. The molecule has 0 fully saturated rings. The van der Waals surface area contributed by atoms with Crippen molar-refractivity contribution in [1.29, 1.82) is 0 Å². The molecular weight excluding hydrogens is 452 g/mol. The first kappa shape index (κ1) is 23.1. The van der Waals surface area contributed by atoms with Gasteiger partial charge in [0.05, 0.1) is 12.2 Å². The SMILES string of the molecule is CCOC(=O)C(Oc1ccc2c(c1)O/C(=C\c1ccc(-c3ccccc3)cc1)C2=O)c1ccccc1. The Bertz CT molecular complexity index is 1410. The van der Waals surface area contributed by atoms with E-state index in [0.29, 0.717) is 22.6 Å². The van der Waals surface area contributed by atoms with Crippen molar-refractivity contribution in [2.75, 3.05) is 6.61 Å². The third-order valence-corrected chi connectivity index (χ3v) is 5.81. The van der Waals surface area contributed by atoms with Crippen LogP contribution in [-0.4, -0.2) is 18.4 Å². The van der Waals surface area contributed by atoms with E-state index in [4.69, 9.17) is 14.2 Å². The van der Waals surface area contributed by atoms with Gasteiger partial charge in [0, 0.05) is 11.6 Å². The summed E-state index contributed by atoms with van der Waals surface area (Å²) in [5, 5.41) is 0. The number of fused-ring (bicyclic) bond motifs is 1. The molecule has 4 aromatic carbocycles. The van der Waals surface area contributed by atoms with E-state index in [9.17, 15) is 9.59 Å². The maximum atomic E-state index is 12.9. The Kier molecular flexibility index (Phi) is 6.63. The topological polar surface area (TPSA) is 61.8 Å². The van der Waals surface area contributed by atoms with Crippen molar-refractivity contribution in [3.8, 4) is 22.6 Å². The quantitative estimate of drug-likeness (QED) is 0.221. The minimum Gasteiger partial charge on any atom is -0.474 e. The molecule has 1 aliphatic heterocycles. The van der Waals surface area contributed by atoms with Crippen molar-refractivity contribution < 1.29 is 23.8 Å². The predicted molar refractivity (Wildman–Crippen MR) is 138 cm³/mol. The van der Waals surface area contributed by atoms with Crippen molar-refractivity contribution in [1.82, 2.24) is 0 Å². The van der Waals surface area contributed by atoms with Gasteiger partial charge < -0.3 is 14.2 Å². The highest BCUT2D eigenvalue weighted by molar-refractivity contribution is 6.14. The van der Waals surface area contributed by atoms with Crippen molar-refractivity contribution in [3.05, 3.63) is 126 Å². The molecular formula is C31H24O5. The van der Waals surface area contributed by atoms with E-state index in [1.165, 1.54) is 0 Å². The molecule has 1 atom stereocenters. The summed E-state index contributed by atoms with van der Waals surface area (Å²) in [5.41, 5.74) is 4.20. The molecule has 178 valence electrons. The fourth-order valence-corrected chi connectivity index (χ4v) is 4.03. The van der Waals surface area contributed by atoms with Crippen LogP contribution < -0.4 is 9.47 Å². The maximum Gasteiger partial charge on any atom is 0.352 e. The molecule has 1 unspecified atom stereocenters. The van der Waals surface area contributed by atoms with E-state index in [0.717, 1.165) is 16.7 Å². The zero-order valence-corrected chi connectivity index (χ0v) is 19.7. The van der Waals surface area contributed by atoms with E-state index in [-0.39, 0.29) is 18.1 Å². The smallest absolute Gasteiger partial charge is 0.352 e. The number of ketones is 1. The van der Waals surface area contributed by atoms with Crippen LogP contribution in [0.25, 0.3) is 17.2 Å². The average molecular weight is 477 g/mol. The first-order valence-corrected chi connectivity index (χ1v) is 11.7.